The predicted octanol–water partition coefficient (Wildman–Crippen LogP) is 5.42. The molecular weight excluding hydrogens is 180 g/mol. The van der Waals surface area contributed by atoms with Gasteiger partial charge in [0.15, 0.2) is 0 Å². The Morgan fingerprint density at radius 1 is 1.00 bits per heavy atom. The Balaban J connectivity index is 2.00. The third kappa shape index (κ3) is 5.58. The second-order valence-corrected chi connectivity index (χ2v) is 5.94. The minimum Gasteiger partial charge on any atom is -0.0651 e. The average Bonchev–Trinajstić information content (AvgIpc) is 2.70. The van der Waals surface area contributed by atoms with E-state index >= 15 is 0 Å². The topological polar surface area (TPSA) is 0 Å². The standard InChI is InChI=1S/C15H30/c1-4-13(2)8-7-9-14(3)12-15-10-5-6-11-15/h13-15H,4-12H2,1-3H3. The smallest absolute Gasteiger partial charge is 0.0412 e. The third-order valence-electron chi connectivity index (χ3n) is 4.30. The first kappa shape index (κ1) is 13.1. The van der Waals surface area contributed by atoms with Gasteiger partial charge in [-0.15, -0.1) is 0 Å². The van der Waals surface area contributed by atoms with Crippen molar-refractivity contribution in [2.24, 2.45) is 17.8 Å². The molecule has 0 spiro atoms. The van der Waals surface area contributed by atoms with E-state index in [1.54, 1.807) is 0 Å². The Morgan fingerprint density at radius 3 is 2.20 bits per heavy atom. The average molecular weight is 210 g/mol. The first-order valence-corrected chi connectivity index (χ1v) is 7.22. The fourth-order valence-corrected chi connectivity index (χ4v) is 2.95. The molecule has 0 nitrogen and oxygen atoms in total. The monoisotopic (exact) mass is 210 g/mol. The van der Waals surface area contributed by atoms with E-state index in [1.165, 1.54) is 57.8 Å². The van der Waals surface area contributed by atoms with Gasteiger partial charge in [0.25, 0.3) is 0 Å². The van der Waals surface area contributed by atoms with Crippen molar-refractivity contribution in [2.75, 3.05) is 0 Å². The molecule has 1 aliphatic carbocycles. The Morgan fingerprint density at radius 2 is 1.60 bits per heavy atom. The lowest BCUT2D eigenvalue weighted by atomic mass is 9.89. The van der Waals surface area contributed by atoms with E-state index in [4.69, 9.17) is 0 Å². The predicted molar refractivity (Wildman–Crippen MR) is 69.0 cm³/mol. The first-order valence-electron chi connectivity index (χ1n) is 7.22. The van der Waals surface area contributed by atoms with Gasteiger partial charge in [-0.2, -0.15) is 0 Å². The summed E-state index contributed by atoms with van der Waals surface area (Å²) in [6.07, 6.45) is 13.3. The fraction of sp³-hybridized carbons (Fsp3) is 1.00. The highest BCUT2D eigenvalue weighted by Gasteiger charge is 2.17. The summed E-state index contributed by atoms with van der Waals surface area (Å²) in [6, 6.07) is 0. The molecule has 1 saturated carbocycles. The molecule has 15 heavy (non-hydrogen) atoms. The Hall–Kier alpha value is 0. The van der Waals surface area contributed by atoms with Gasteiger partial charge in [-0.1, -0.05) is 72.1 Å². The van der Waals surface area contributed by atoms with Crippen LogP contribution in [0.2, 0.25) is 0 Å². The molecule has 0 aromatic carbocycles. The Kier molecular flexibility index (Phi) is 6.36. The van der Waals surface area contributed by atoms with E-state index in [-0.39, 0.29) is 0 Å². The summed E-state index contributed by atoms with van der Waals surface area (Å²) in [5, 5.41) is 0. The molecule has 0 bridgehead atoms. The summed E-state index contributed by atoms with van der Waals surface area (Å²) in [6.45, 7) is 7.17. The maximum atomic E-state index is 2.47. The van der Waals surface area contributed by atoms with E-state index < -0.39 is 0 Å². The van der Waals surface area contributed by atoms with Crippen LogP contribution in [0.3, 0.4) is 0 Å². The lowest BCUT2D eigenvalue weighted by Gasteiger charge is -2.17. The molecular formula is C15H30. The van der Waals surface area contributed by atoms with E-state index in [2.05, 4.69) is 20.8 Å². The summed E-state index contributed by atoms with van der Waals surface area (Å²) in [5.74, 6) is 3.02. The highest BCUT2D eigenvalue weighted by Crippen LogP contribution is 2.31. The van der Waals surface area contributed by atoms with Crippen molar-refractivity contribution in [3.8, 4) is 0 Å². The second kappa shape index (κ2) is 7.30. The third-order valence-corrected chi connectivity index (χ3v) is 4.30. The maximum Gasteiger partial charge on any atom is -0.0412 e. The van der Waals surface area contributed by atoms with Crippen LogP contribution in [0.15, 0.2) is 0 Å². The van der Waals surface area contributed by atoms with Crippen LogP contribution in [-0.4, -0.2) is 0 Å². The van der Waals surface area contributed by atoms with Crippen LogP contribution in [0.25, 0.3) is 0 Å². The second-order valence-electron chi connectivity index (χ2n) is 5.94. The maximum absolute atomic E-state index is 2.47. The van der Waals surface area contributed by atoms with Gasteiger partial charge >= 0.3 is 0 Å². The molecule has 0 aliphatic heterocycles. The lowest BCUT2D eigenvalue weighted by Crippen LogP contribution is -2.03. The van der Waals surface area contributed by atoms with Crippen LogP contribution >= 0.6 is 0 Å². The van der Waals surface area contributed by atoms with E-state index in [0.717, 1.165) is 17.8 Å². The molecule has 0 aromatic heterocycles. The van der Waals surface area contributed by atoms with Crippen LogP contribution < -0.4 is 0 Å². The van der Waals surface area contributed by atoms with E-state index in [1.807, 2.05) is 0 Å². The van der Waals surface area contributed by atoms with Gasteiger partial charge in [0.2, 0.25) is 0 Å². The molecule has 0 N–H and O–H groups in total. The molecule has 90 valence electrons. The Bertz CT molecular complexity index is 144. The van der Waals surface area contributed by atoms with Gasteiger partial charge in [-0.05, 0) is 24.2 Å². The molecule has 0 saturated heterocycles. The van der Waals surface area contributed by atoms with Crippen molar-refractivity contribution < 1.29 is 0 Å². The molecule has 0 radical (unpaired) electrons. The van der Waals surface area contributed by atoms with Gasteiger partial charge in [0.05, 0.1) is 0 Å². The van der Waals surface area contributed by atoms with Gasteiger partial charge in [-0.25, -0.2) is 0 Å². The molecule has 1 fully saturated rings. The van der Waals surface area contributed by atoms with Gasteiger partial charge < -0.3 is 0 Å². The number of rotatable bonds is 7. The number of hydrogen-bond acceptors (Lipinski definition) is 0. The quantitative estimate of drug-likeness (QED) is 0.526. The van der Waals surface area contributed by atoms with Crippen molar-refractivity contribution in [1.82, 2.24) is 0 Å². The molecule has 0 amide bonds. The van der Waals surface area contributed by atoms with Crippen molar-refractivity contribution in [3.63, 3.8) is 0 Å². The summed E-state index contributed by atoms with van der Waals surface area (Å²) < 4.78 is 0. The van der Waals surface area contributed by atoms with Crippen LogP contribution in [0.4, 0.5) is 0 Å². The summed E-state index contributed by atoms with van der Waals surface area (Å²) in [4.78, 5) is 0. The van der Waals surface area contributed by atoms with Crippen LogP contribution in [0.1, 0.15) is 78.6 Å². The first-order chi connectivity index (χ1) is 7.22. The molecule has 0 heteroatoms. The summed E-state index contributed by atoms with van der Waals surface area (Å²) in [7, 11) is 0. The Labute approximate surface area is 96.8 Å². The minimum absolute atomic E-state index is 0.948. The largest absolute Gasteiger partial charge is 0.0651 e. The van der Waals surface area contributed by atoms with Crippen LogP contribution in [-0.2, 0) is 0 Å². The van der Waals surface area contributed by atoms with Gasteiger partial charge in [0.1, 0.15) is 0 Å². The summed E-state index contributed by atoms with van der Waals surface area (Å²) >= 11 is 0. The molecule has 1 aliphatic rings. The molecule has 2 atom stereocenters. The minimum atomic E-state index is 0.948. The SMILES string of the molecule is CCC(C)CCCC(C)CC1CCCC1. The zero-order chi connectivity index (χ0) is 11.1. The zero-order valence-corrected chi connectivity index (χ0v) is 11.1. The van der Waals surface area contributed by atoms with Crippen molar-refractivity contribution >= 4 is 0 Å². The van der Waals surface area contributed by atoms with Crippen LogP contribution in [0, 0.1) is 17.8 Å². The molecule has 2 unspecified atom stereocenters. The normalized spacial score (nSPS) is 21.8. The lowest BCUT2D eigenvalue weighted by molar-refractivity contribution is 0.357. The van der Waals surface area contributed by atoms with Crippen LogP contribution in [0.5, 0.6) is 0 Å². The number of hydrogen-bond donors (Lipinski definition) is 0. The van der Waals surface area contributed by atoms with Crippen molar-refractivity contribution in [3.05, 3.63) is 0 Å². The van der Waals surface area contributed by atoms with E-state index in [0.29, 0.717) is 0 Å². The van der Waals surface area contributed by atoms with Gasteiger partial charge in [0, 0.05) is 0 Å². The fourth-order valence-electron chi connectivity index (χ4n) is 2.95. The highest BCUT2D eigenvalue weighted by molar-refractivity contribution is 4.70. The highest BCUT2D eigenvalue weighted by atomic mass is 14.2. The van der Waals surface area contributed by atoms with Crippen molar-refractivity contribution in [2.45, 2.75) is 78.6 Å². The summed E-state index contributed by atoms with van der Waals surface area (Å²) in [5.41, 5.74) is 0. The van der Waals surface area contributed by atoms with Gasteiger partial charge in [-0.3, -0.25) is 0 Å². The zero-order valence-electron chi connectivity index (χ0n) is 11.1. The molecule has 0 aromatic rings. The molecule has 0 heterocycles. The molecule has 1 rings (SSSR count). The van der Waals surface area contributed by atoms with Crippen molar-refractivity contribution in [1.29, 1.82) is 0 Å². The van der Waals surface area contributed by atoms with E-state index in [9.17, 15) is 0 Å².